The van der Waals surface area contributed by atoms with Crippen LogP contribution >= 0.6 is 0 Å². The average molecular weight is 342 g/mol. The van der Waals surface area contributed by atoms with E-state index in [1.165, 1.54) is 5.56 Å². The van der Waals surface area contributed by atoms with E-state index in [9.17, 15) is 14.7 Å². The first-order valence-electron chi connectivity index (χ1n) is 9.58. The van der Waals surface area contributed by atoms with E-state index in [2.05, 4.69) is 24.3 Å². The standard InChI is InChI=1S/C21H29NO3/c23-19(15-21(16-20(24)25)10-4-5-11-21)22-12-8-18(9-13-22)14-17-6-2-1-3-7-17/h1-3,6-7,18H,4-5,8-16H2,(H,24,25)/p-1. The van der Waals surface area contributed by atoms with Crippen LogP contribution in [0.25, 0.3) is 0 Å². The molecule has 25 heavy (non-hydrogen) atoms. The molecule has 1 aliphatic carbocycles. The van der Waals surface area contributed by atoms with Gasteiger partial charge in [-0.05, 0) is 55.4 Å². The van der Waals surface area contributed by atoms with Crippen LogP contribution in [0.3, 0.4) is 0 Å². The minimum atomic E-state index is -1.02. The fraction of sp³-hybridized carbons (Fsp3) is 0.619. The highest BCUT2D eigenvalue weighted by molar-refractivity contribution is 5.78. The van der Waals surface area contributed by atoms with Gasteiger partial charge in [-0.2, -0.15) is 0 Å². The maximum atomic E-state index is 12.7. The van der Waals surface area contributed by atoms with Crippen molar-refractivity contribution in [3.8, 4) is 0 Å². The highest BCUT2D eigenvalue weighted by Crippen LogP contribution is 2.44. The summed E-state index contributed by atoms with van der Waals surface area (Å²) in [6, 6.07) is 10.5. The number of nitrogens with zero attached hydrogens (tertiary/aromatic N) is 1. The van der Waals surface area contributed by atoms with Crippen molar-refractivity contribution in [2.75, 3.05) is 13.1 Å². The molecule has 0 aromatic heterocycles. The number of amides is 1. The molecular weight excluding hydrogens is 314 g/mol. The van der Waals surface area contributed by atoms with Crippen LogP contribution in [0, 0.1) is 11.3 Å². The van der Waals surface area contributed by atoms with Crippen molar-refractivity contribution in [3.63, 3.8) is 0 Å². The van der Waals surface area contributed by atoms with E-state index in [0.29, 0.717) is 12.3 Å². The van der Waals surface area contributed by atoms with Gasteiger partial charge >= 0.3 is 0 Å². The summed E-state index contributed by atoms with van der Waals surface area (Å²) in [6.07, 6.45) is 7.31. The van der Waals surface area contributed by atoms with Gasteiger partial charge in [-0.25, -0.2) is 0 Å². The molecule has 136 valence electrons. The SMILES string of the molecule is O=C([O-])CC1(CC(=O)N2CCC(Cc3ccccc3)CC2)CCCC1. The molecule has 0 atom stereocenters. The van der Waals surface area contributed by atoms with Crippen LogP contribution in [-0.4, -0.2) is 29.9 Å². The zero-order valence-corrected chi connectivity index (χ0v) is 14.9. The summed E-state index contributed by atoms with van der Waals surface area (Å²) in [4.78, 5) is 25.8. The van der Waals surface area contributed by atoms with Crippen LogP contribution in [0.4, 0.5) is 0 Å². The second-order valence-electron chi connectivity index (χ2n) is 7.95. The molecule has 1 aromatic rings. The summed E-state index contributed by atoms with van der Waals surface area (Å²) in [5.41, 5.74) is 1.02. The maximum Gasteiger partial charge on any atom is 0.223 e. The van der Waals surface area contributed by atoms with Crippen molar-refractivity contribution >= 4 is 11.9 Å². The molecule has 4 heteroatoms. The molecule has 1 saturated carbocycles. The normalized spacial score (nSPS) is 20.6. The third kappa shape index (κ3) is 4.83. The number of carbonyl (C=O) groups excluding carboxylic acids is 2. The molecule has 1 heterocycles. The number of carboxylic acids is 1. The lowest BCUT2D eigenvalue weighted by atomic mass is 9.79. The molecule has 1 amide bonds. The first kappa shape index (κ1) is 18.0. The van der Waals surface area contributed by atoms with Crippen LogP contribution < -0.4 is 5.11 Å². The molecular formula is C21H28NO3-. The monoisotopic (exact) mass is 342 g/mol. The van der Waals surface area contributed by atoms with E-state index in [0.717, 1.165) is 58.0 Å². The third-order valence-corrected chi connectivity index (χ3v) is 6.04. The van der Waals surface area contributed by atoms with Gasteiger partial charge in [-0.3, -0.25) is 4.79 Å². The molecule has 1 aromatic carbocycles. The zero-order chi connectivity index (χ0) is 17.7. The molecule has 0 bridgehead atoms. The number of hydrogen-bond donors (Lipinski definition) is 0. The van der Waals surface area contributed by atoms with Crippen LogP contribution in [0.1, 0.15) is 56.9 Å². The topological polar surface area (TPSA) is 60.4 Å². The molecule has 4 nitrogen and oxygen atoms in total. The predicted octanol–water partition coefficient (Wildman–Crippen LogP) is 2.56. The van der Waals surface area contributed by atoms with E-state index in [1.54, 1.807) is 0 Å². The van der Waals surface area contributed by atoms with Crippen LogP contribution in [-0.2, 0) is 16.0 Å². The van der Waals surface area contributed by atoms with Gasteiger partial charge in [0.25, 0.3) is 0 Å². The fourth-order valence-electron chi connectivity index (χ4n) is 4.61. The van der Waals surface area contributed by atoms with Crippen molar-refractivity contribution in [1.82, 2.24) is 4.90 Å². The first-order chi connectivity index (χ1) is 12.1. The number of carboxylic acid groups (broad SMARTS) is 1. The van der Waals surface area contributed by atoms with E-state index in [-0.39, 0.29) is 17.7 Å². The predicted molar refractivity (Wildman–Crippen MR) is 94.6 cm³/mol. The fourth-order valence-corrected chi connectivity index (χ4v) is 4.61. The van der Waals surface area contributed by atoms with Gasteiger partial charge in [0.1, 0.15) is 0 Å². The van der Waals surface area contributed by atoms with Gasteiger partial charge in [0.15, 0.2) is 0 Å². The Kier molecular flexibility index (Phi) is 5.77. The van der Waals surface area contributed by atoms with Gasteiger partial charge in [0.2, 0.25) is 5.91 Å². The Labute approximate surface area is 150 Å². The zero-order valence-electron chi connectivity index (χ0n) is 14.9. The number of benzene rings is 1. The van der Waals surface area contributed by atoms with Crippen LogP contribution in [0.2, 0.25) is 0 Å². The quantitative estimate of drug-likeness (QED) is 0.798. The van der Waals surface area contributed by atoms with Crippen molar-refractivity contribution in [3.05, 3.63) is 35.9 Å². The molecule has 1 saturated heterocycles. The van der Waals surface area contributed by atoms with Crippen LogP contribution in [0.5, 0.6) is 0 Å². The Morgan fingerprint density at radius 1 is 1.04 bits per heavy atom. The van der Waals surface area contributed by atoms with E-state index >= 15 is 0 Å². The molecule has 0 N–H and O–H groups in total. The molecule has 0 spiro atoms. The van der Waals surface area contributed by atoms with Gasteiger partial charge < -0.3 is 14.8 Å². The Bertz CT molecular complexity index is 584. The molecule has 1 aliphatic heterocycles. The van der Waals surface area contributed by atoms with E-state index < -0.39 is 5.97 Å². The number of piperidine rings is 1. The third-order valence-electron chi connectivity index (χ3n) is 6.04. The minimum Gasteiger partial charge on any atom is -0.550 e. The first-order valence-corrected chi connectivity index (χ1v) is 9.58. The van der Waals surface area contributed by atoms with Gasteiger partial charge in [0.05, 0.1) is 0 Å². The van der Waals surface area contributed by atoms with Crippen molar-refractivity contribution in [1.29, 1.82) is 0 Å². The van der Waals surface area contributed by atoms with E-state index in [4.69, 9.17) is 0 Å². The Hall–Kier alpha value is -1.84. The molecule has 3 rings (SSSR count). The average Bonchev–Trinajstić information content (AvgIpc) is 3.03. The minimum absolute atomic E-state index is 0.0310. The maximum absolute atomic E-state index is 12.7. The number of aliphatic carboxylic acids is 1. The lowest BCUT2D eigenvalue weighted by molar-refractivity contribution is -0.308. The van der Waals surface area contributed by atoms with Crippen LogP contribution in [0.15, 0.2) is 30.3 Å². The van der Waals surface area contributed by atoms with E-state index in [1.807, 2.05) is 11.0 Å². The lowest BCUT2D eigenvalue weighted by Gasteiger charge is -2.36. The second-order valence-corrected chi connectivity index (χ2v) is 7.95. The molecule has 0 unspecified atom stereocenters. The highest BCUT2D eigenvalue weighted by Gasteiger charge is 2.37. The molecule has 0 radical (unpaired) electrons. The highest BCUT2D eigenvalue weighted by atomic mass is 16.4. The number of carbonyl (C=O) groups is 2. The summed E-state index contributed by atoms with van der Waals surface area (Å²) in [6.45, 7) is 1.61. The summed E-state index contributed by atoms with van der Waals surface area (Å²) in [5.74, 6) is -0.243. The van der Waals surface area contributed by atoms with Gasteiger partial charge in [-0.15, -0.1) is 0 Å². The van der Waals surface area contributed by atoms with Gasteiger partial charge in [-0.1, -0.05) is 43.2 Å². The summed E-state index contributed by atoms with van der Waals surface area (Å²) < 4.78 is 0. The summed E-state index contributed by atoms with van der Waals surface area (Å²) in [7, 11) is 0. The Balaban J connectivity index is 1.50. The summed E-state index contributed by atoms with van der Waals surface area (Å²) >= 11 is 0. The molecule has 2 fully saturated rings. The lowest BCUT2D eigenvalue weighted by Crippen LogP contribution is -2.42. The number of likely N-dealkylation sites (tertiary alicyclic amines) is 1. The van der Waals surface area contributed by atoms with Crippen molar-refractivity contribution in [2.45, 2.75) is 57.8 Å². The largest absolute Gasteiger partial charge is 0.550 e. The number of rotatable bonds is 6. The van der Waals surface area contributed by atoms with Crippen molar-refractivity contribution < 1.29 is 14.7 Å². The smallest absolute Gasteiger partial charge is 0.223 e. The Morgan fingerprint density at radius 3 is 2.28 bits per heavy atom. The summed E-state index contributed by atoms with van der Waals surface area (Å²) in [5, 5.41) is 11.1. The Morgan fingerprint density at radius 2 is 1.68 bits per heavy atom. The van der Waals surface area contributed by atoms with Crippen molar-refractivity contribution in [2.24, 2.45) is 11.3 Å². The molecule has 2 aliphatic rings. The van der Waals surface area contributed by atoms with Gasteiger partial charge in [0, 0.05) is 25.5 Å². The number of hydrogen-bond acceptors (Lipinski definition) is 3. The second kappa shape index (κ2) is 8.03.